The van der Waals surface area contributed by atoms with Gasteiger partial charge < -0.3 is 15.3 Å². The fourth-order valence-electron chi connectivity index (χ4n) is 4.34. The third kappa shape index (κ3) is 3.58. The van der Waals surface area contributed by atoms with Crippen LogP contribution in [-0.4, -0.2) is 40.7 Å². The van der Waals surface area contributed by atoms with E-state index in [9.17, 15) is 14.3 Å². The van der Waals surface area contributed by atoms with Gasteiger partial charge in [0.1, 0.15) is 10.8 Å². The molecule has 2 bridgehead atoms. The van der Waals surface area contributed by atoms with E-state index in [1.54, 1.807) is 23.5 Å². The fourth-order valence-corrected chi connectivity index (χ4v) is 5.75. The molecular weight excluding hydrogens is 365 g/mol. The standard InChI is InChI=1S/C20H24FN3O2S/c1-20(2,23-19(25)26)17-16(15-11-24-9-7-12(15)8-10-24)27-18(22-17)13-3-5-14(21)6-4-13/h3-6,12,15,23H,7-11H2,1-2H3,(H,25,26). The van der Waals surface area contributed by atoms with E-state index in [4.69, 9.17) is 4.98 Å². The van der Waals surface area contributed by atoms with E-state index in [-0.39, 0.29) is 5.82 Å². The van der Waals surface area contributed by atoms with Crippen molar-refractivity contribution in [2.45, 2.75) is 38.1 Å². The lowest BCUT2D eigenvalue weighted by Gasteiger charge is -2.45. The molecule has 5 nitrogen and oxygen atoms in total. The van der Waals surface area contributed by atoms with Gasteiger partial charge >= 0.3 is 6.09 Å². The Labute approximate surface area is 162 Å². The third-order valence-electron chi connectivity index (χ3n) is 5.75. The second-order valence-corrected chi connectivity index (χ2v) is 9.07. The van der Waals surface area contributed by atoms with Crippen LogP contribution in [0.15, 0.2) is 24.3 Å². The second kappa shape index (κ2) is 6.87. The minimum atomic E-state index is -1.06. The normalized spacial score (nSPS) is 24.8. The topological polar surface area (TPSA) is 65.5 Å². The number of carboxylic acid groups (broad SMARTS) is 1. The van der Waals surface area contributed by atoms with E-state index < -0.39 is 11.6 Å². The maximum atomic E-state index is 13.3. The second-order valence-electron chi connectivity index (χ2n) is 8.04. The molecule has 1 atom stereocenters. The summed E-state index contributed by atoms with van der Waals surface area (Å²) < 4.78 is 13.3. The predicted octanol–water partition coefficient (Wildman–Crippen LogP) is 4.26. The maximum absolute atomic E-state index is 13.3. The van der Waals surface area contributed by atoms with Crippen LogP contribution in [0.25, 0.3) is 10.6 Å². The van der Waals surface area contributed by atoms with Gasteiger partial charge in [0.25, 0.3) is 0 Å². The number of carbonyl (C=O) groups is 1. The van der Waals surface area contributed by atoms with Crippen LogP contribution in [0.3, 0.4) is 0 Å². The molecule has 7 heteroatoms. The van der Waals surface area contributed by atoms with Gasteiger partial charge in [0.15, 0.2) is 0 Å². The first-order chi connectivity index (χ1) is 12.8. The van der Waals surface area contributed by atoms with Crippen LogP contribution >= 0.6 is 11.3 Å². The van der Waals surface area contributed by atoms with Crippen LogP contribution in [0, 0.1) is 11.7 Å². The van der Waals surface area contributed by atoms with E-state index >= 15 is 0 Å². The van der Waals surface area contributed by atoms with Crippen LogP contribution < -0.4 is 5.32 Å². The highest BCUT2D eigenvalue weighted by Gasteiger charge is 2.40. The molecule has 3 saturated heterocycles. The molecule has 1 amide bonds. The Morgan fingerprint density at radius 1 is 1.30 bits per heavy atom. The van der Waals surface area contributed by atoms with E-state index in [2.05, 4.69) is 10.2 Å². The van der Waals surface area contributed by atoms with Gasteiger partial charge in [-0.05, 0) is 70.0 Å². The van der Waals surface area contributed by atoms with Gasteiger partial charge in [-0.2, -0.15) is 0 Å². The summed E-state index contributed by atoms with van der Waals surface area (Å²) in [5.74, 6) is 0.723. The van der Waals surface area contributed by atoms with Crippen molar-refractivity contribution in [3.05, 3.63) is 40.7 Å². The van der Waals surface area contributed by atoms with Crippen molar-refractivity contribution in [3.8, 4) is 10.6 Å². The van der Waals surface area contributed by atoms with E-state index in [0.717, 1.165) is 35.9 Å². The van der Waals surface area contributed by atoms with Crippen LogP contribution in [0.5, 0.6) is 0 Å². The summed E-state index contributed by atoms with van der Waals surface area (Å²) >= 11 is 1.63. The molecule has 2 N–H and O–H groups in total. The van der Waals surface area contributed by atoms with Crippen LogP contribution in [0.1, 0.15) is 43.2 Å². The molecular formula is C20H24FN3O2S. The molecule has 1 aromatic carbocycles. The van der Waals surface area contributed by atoms with E-state index in [1.807, 2.05) is 13.8 Å². The predicted molar refractivity (Wildman–Crippen MR) is 104 cm³/mol. The van der Waals surface area contributed by atoms with Crippen LogP contribution in [0.4, 0.5) is 9.18 Å². The Morgan fingerprint density at radius 3 is 2.52 bits per heavy atom. The van der Waals surface area contributed by atoms with E-state index in [1.165, 1.54) is 29.9 Å². The van der Waals surface area contributed by atoms with Crippen LogP contribution in [0.2, 0.25) is 0 Å². The molecule has 27 heavy (non-hydrogen) atoms. The Balaban J connectivity index is 1.78. The number of halogens is 1. The van der Waals surface area contributed by atoms with Crippen molar-refractivity contribution < 1.29 is 14.3 Å². The first-order valence-electron chi connectivity index (χ1n) is 9.34. The molecule has 2 aromatic rings. The maximum Gasteiger partial charge on any atom is 0.405 e. The summed E-state index contributed by atoms with van der Waals surface area (Å²) in [4.78, 5) is 19.8. The van der Waals surface area contributed by atoms with Crippen molar-refractivity contribution in [2.75, 3.05) is 19.6 Å². The molecule has 0 spiro atoms. The minimum Gasteiger partial charge on any atom is -0.465 e. The summed E-state index contributed by atoms with van der Waals surface area (Å²) in [6.07, 6.45) is 1.30. The monoisotopic (exact) mass is 389 g/mol. The van der Waals surface area contributed by atoms with Crippen LogP contribution in [-0.2, 0) is 5.54 Å². The van der Waals surface area contributed by atoms with Crippen molar-refractivity contribution in [1.82, 2.24) is 15.2 Å². The Hall–Kier alpha value is -1.99. The molecule has 3 fully saturated rings. The largest absolute Gasteiger partial charge is 0.465 e. The van der Waals surface area contributed by atoms with Gasteiger partial charge in [0, 0.05) is 22.9 Å². The third-order valence-corrected chi connectivity index (χ3v) is 6.99. The van der Waals surface area contributed by atoms with Gasteiger partial charge in [-0.3, -0.25) is 0 Å². The number of thiazole rings is 1. The number of amides is 1. The molecule has 3 aliphatic rings. The van der Waals surface area contributed by atoms with Crippen molar-refractivity contribution in [1.29, 1.82) is 0 Å². The summed E-state index contributed by atoms with van der Waals surface area (Å²) in [6.45, 7) is 7.02. The lowest BCUT2D eigenvalue weighted by molar-refractivity contribution is 0.0874. The number of fused-ring (bicyclic) bond motifs is 3. The highest BCUT2D eigenvalue weighted by Crippen LogP contribution is 2.46. The molecule has 1 aromatic heterocycles. The number of hydrogen-bond acceptors (Lipinski definition) is 4. The first kappa shape index (κ1) is 18.4. The Kier molecular flexibility index (Phi) is 4.68. The molecule has 144 valence electrons. The molecule has 3 aliphatic heterocycles. The SMILES string of the molecule is CC(C)(NC(=O)O)c1nc(-c2ccc(F)cc2)sc1C1CN2CCC1CC2. The number of piperidine rings is 3. The first-order valence-corrected chi connectivity index (χ1v) is 10.2. The van der Waals surface area contributed by atoms with Crippen molar-refractivity contribution >= 4 is 17.4 Å². The zero-order valence-corrected chi connectivity index (χ0v) is 16.4. The highest BCUT2D eigenvalue weighted by atomic mass is 32.1. The number of benzene rings is 1. The fraction of sp³-hybridized carbons (Fsp3) is 0.500. The average Bonchev–Trinajstić information content (AvgIpc) is 3.08. The minimum absolute atomic E-state index is 0.277. The number of nitrogens with one attached hydrogen (secondary N) is 1. The van der Waals surface area contributed by atoms with Gasteiger partial charge in [0.05, 0.1) is 11.2 Å². The summed E-state index contributed by atoms with van der Waals surface area (Å²) in [5.41, 5.74) is 0.872. The Morgan fingerprint density at radius 2 is 1.96 bits per heavy atom. The summed E-state index contributed by atoms with van der Waals surface area (Å²) in [6, 6.07) is 6.34. The van der Waals surface area contributed by atoms with Gasteiger partial charge in [-0.25, -0.2) is 14.2 Å². The zero-order valence-electron chi connectivity index (χ0n) is 15.5. The molecule has 1 unspecified atom stereocenters. The van der Waals surface area contributed by atoms with Crippen molar-refractivity contribution in [3.63, 3.8) is 0 Å². The Bertz CT molecular complexity index is 841. The quantitative estimate of drug-likeness (QED) is 0.820. The van der Waals surface area contributed by atoms with Gasteiger partial charge in [0.2, 0.25) is 0 Å². The average molecular weight is 389 g/mol. The number of nitrogens with zero attached hydrogens (tertiary/aromatic N) is 2. The zero-order chi connectivity index (χ0) is 19.2. The molecule has 0 radical (unpaired) electrons. The summed E-state index contributed by atoms with van der Waals surface area (Å²) in [7, 11) is 0. The molecule has 5 rings (SSSR count). The van der Waals surface area contributed by atoms with Crippen molar-refractivity contribution in [2.24, 2.45) is 5.92 Å². The smallest absolute Gasteiger partial charge is 0.405 e. The number of rotatable bonds is 4. The molecule has 0 aliphatic carbocycles. The molecule has 0 saturated carbocycles. The summed E-state index contributed by atoms with van der Waals surface area (Å²) in [5, 5.41) is 12.7. The lowest BCUT2D eigenvalue weighted by Crippen LogP contribution is -2.47. The highest BCUT2D eigenvalue weighted by molar-refractivity contribution is 7.15. The van der Waals surface area contributed by atoms with E-state index in [0.29, 0.717) is 11.8 Å². The molecule has 4 heterocycles. The number of aromatic nitrogens is 1. The number of hydrogen-bond donors (Lipinski definition) is 2. The van der Waals surface area contributed by atoms with Gasteiger partial charge in [-0.1, -0.05) is 0 Å². The lowest BCUT2D eigenvalue weighted by atomic mass is 9.77. The van der Waals surface area contributed by atoms with Gasteiger partial charge in [-0.15, -0.1) is 11.3 Å².